The quantitative estimate of drug-likeness (QED) is 0.859. The number of piperazine rings is 1. The highest BCUT2D eigenvalue weighted by molar-refractivity contribution is 5.96. The molecule has 1 aliphatic heterocycles. The number of nitrogens with zero attached hydrogens (tertiary/aromatic N) is 2. The highest BCUT2D eigenvalue weighted by Gasteiger charge is 2.28. The van der Waals surface area contributed by atoms with Crippen molar-refractivity contribution >= 4 is 12.0 Å². The molecular formula is C18H26N2O5. The predicted molar refractivity (Wildman–Crippen MR) is 92.0 cm³/mol. The number of hydrogen-bond acceptors (Lipinski definition) is 5. The molecule has 2 rings (SSSR count). The molecule has 1 aromatic carbocycles. The second-order valence-corrected chi connectivity index (χ2v) is 7.07. The first-order valence-corrected chi connectivity index (χ1v) is 8.36. The number of rotatable bonds is 3. The first-order valence-electron chi connectivity index (χ1n) is 8.36. The minimum atomic E-state index is -0.547. The van der Waals surface area contributed by atoms with E-state index in [0.29, 0.717) is 42.9 Å². The first-order chi connectivity index (χ1) is 11.7. The van der Waals surface area contributed by atoms with E-state index in [4.69, 9.17) is 4.74 Å². The molecule has 0 aromatic heterocycles. The van der Waals surface area contributed by atoms with Crippen LogP contribution in [-0.4, -0.2) is 63.8 Å². The van der Waals surface area contributed by atoms with Crippen LogP contribution in [-0.2, 0) is 18.0 Å². The lowest BCUT2D eigenvalue weighted by molar-refractivity contribution is 0.0140. The topological polar surface area (TPSA) is 90.3 Å². The zero-order valence-electron chi connectivity index (χ0n) is 15.0. The van der Waals surface area contributed by atoms with Gasteiger partial charge in [-0.3, -0.25) is 4.79 Å². The van der Waals surface area contributed by atoms with Gasteiger partial charge in [0.1, 0.15) is 5.60 Å². The third-order valence-electron chi connectivity index (χ3n) is 3.97. The number of carbonyl (C=O) groups is 2. The highest BCUT2D eigenvalue weighted by Crippen LogP contribution is 2.17. The summed E-state index contributed by atoms with van der Waals surface area (Å²) in [6.07, 6.45) is -0.372. The molecule has 0 radical (unpaired) electrons. The van der Waals surface area contributed by atoms with E-state index < -0.39 is 5.60 Å². The highest BCUT2D eigenvalue weighted by atomic mass is 16.6. The number of amides is 2. The molecule has 0 saturated carbocycles. The average Bonchev–Trinajstić information content (AvgIpc) is 2.59. The van der Waals surface area contributed by atoms with E-state index in [1.165, 1.54) is 0 Å². The fraction of sp³-hybridized carbons (Fsp3) is 0.556. The Morgan fingerprint density at radius 2 is 1.64 bits per heavy atom. The number of ether oxygens (including phenoxy) is 1. The molecule has 1 aromatic rings. The van der Waals surface area contributed by atoms with Crippen LogP contribution in [0.1, 0.15) is 42.3 Å². The molecule has 1 aliphatic rings. The monoisotopic (exact) mass is 350 g/mol. The lowest BCUT2D eigenvalue weighted by Gasteiger charge is -2.35. The van der Waals surface area contributed by atoms with Crippen LogP contribution in [0.4, 0.5) is 4.79 Å². The third kappa shape index (κ3) is 4.93. The molecule has 2 amide bonds. The van der Waals surface area contributed by atoms with Gasteiger partial charge in [0, 0.05) is 31.7 Å². The van der Waals surface area contributed by atoms with Gasteiger partial charge < -0.3 is 24.7 Å². The van der Waals surface area contributed by atoms with Gasteiger partial charge >= 0.3 is 6.09 Å². The molecule has 0 atom stereocenters. The van der Waals surface area contributed by atoms with Crippen LogP contribution in [0.2, 0.25) is 0 Å². The van der Waals surface area contributed by atoms with E-state index in [2.05, 4.69) is 0 Å². The Balaban J connectivity index is 2.01. The average molecular weight is 350 g/mol. The third-order valence-corrected chi connectivity index (χ3v) is 3.97. The molecule has 2 N–H and O–H groups in total. The zero-order valence-corrected chi connectivity index (χ0v) is 15.0. The molecule has 25 heavy (non-hydrogen) atoms. The van der Waals surface area contributed by atoms with E-state index in [0.717, 1.165) is 0 Å². The number of benzene rings is 1. The van der Waals surface area contributed by atoms with Gasteiger partial charge in [0.05, 0.1) is 13.2 Å². The Morgan fingerprint density at radius 3 is 2.16 bits per heavy atom. The Hall–Kier alpha value is -2.12. The smallest absolute Gasteiger partial charge is 0.410 e. The molecule has 7 heteroatoms. The Kier molecular flexibility index (Phi) is 6.02. The van der Waals surface area contributed by atoms with Crippen LogP contribution >= 0.6 is 0 Å². The molecule has 0 spiro atoms. The van der Waals surface area contributed by atoms with Crippen LogP contribution in [0.5, 0.6) is 0 Å². The zero-order chi connectivity index (χ0) is 18.6. The second-order valence-electron chi connectivity index (χ2n) is 7.07. The van der Waals surface area contributed by atoms with Gasteiger partial charge in [-0.05, 0) is 38.0 Å². The van der Waals surface area contributed by atoms with Crippen molar-refractivity contribution < 1.29 is 24.5 Å². The maximum atomic E-state index is 12.7. The summed E-state index contributed by atoms with van der Waals surface area (Å²) in [5, 5.41) is 18.7. The van der Waals surface area contributed by atoms with Crippen molar-refractivity contribution in [2.75, 3.05) is 26.2 Å². The van der Waals surface area contributed by atoms with Crippen LogP contribution in [0.25, 0.3) is 0 Å². The standard InChI is InChI=1S/C18H26N2O5/c1-18(2,3)25-17(24)20-8-6-19(7-9-20)16(23)15-5-4-13(11-21)10-14(15)12-22/h4-5,10,21-22H,6-9,11-12H2,1-3H3. The van der Waals surface area contributed by atoms with Gasteiger partial charge in [-0.15, -0.1) is 0 Å². The largest absolute Gasteiger partial charge is 0.444 e. The van der Waals surface area contributed by atoms with E-state index in [1.54, 1.807) is 28.0 Å². The Bertz CT molecular complexity index is 631. The van der Waals surface area contributed by atoms with Gasteiger partial charge in [0.25, 0.3) is 5.91 Å². The van der Waals surface area contributed by atoms with Gasteiger partial charge in [-0.25, -0.2) is 4.79 Å². The van der Waals surface area contributed by atoms with E-state index >= 15 is 0 Å². The van der Waals surface area contributed by atoms with Gasteiger partial charge in [0.2, 0.25) is 0 Å². The molecule has 7 nitrogen and oxygen atoms in total. The predicted octanol–water partition coefficient (Wildman–Crippen LogP) is 1.36. The fourth-order valence-electron chi connectivity index (χ4n) is 2.67. The van der Waals surface area contributed by atoms with Gasteiger partial charge in [-0.1, -0.05) is 12.1 Å². The Labute approximate surface area is 147 Å². The summed E-state index contributed by atoms with van der Waals surface area (Å²) in [6.45, 7) is 6.66. The number of hydrogen-bond donors (Lipinski definition) is 2. The van der Waals surface area contributed by atoms with Gasteiger partial charge in [-0.2, -0.15) is 0 Å². The van der Waals surface area contributed by atoms with Crippen LogP contribution in [0.15, 0.2) is 18.2 Å². The van der Waals surface area contributed by atoms with Crippen molar-refractivity contribution in [1.29, 1.82) is 0 Å². The molecule has 0 bridgehead atoms. The molecule has 0 aliphatic carbocycles. The van der Waals surface area contributed by atoms with Crippen molar-refractivity contribution in [2.45, 2.75) is 39.6 Å². The molecule has 0 unspecified atom stereocenters. The van der Waals surface area contributed by atoms with Crippen LogP contribution in [0.3, 0.4) is 0 Å². The SMILES string of the molecule is CC(C)(C)OC(=O)N1CCN(C(=O)c2ccc(CO)cc2CO)CC1. The maximum absolute atomic E-state index is 12.7. The van der Waals surface area contributed by atoms with Crippen LogP contribution in [0, 0.1) is 0 Å². The normalized spacial score (nSPS) is 15.2. The van der Waals surface area contributed by atoms with Crippen molar-refractivity contribution in [2.24, 2.45) is 0 Å². The van der Waals surface area contributed by atoms with E-state index in [1.807, 2.05) is 20.8 Å². The molecular weight excluding hydrogens is 324 g/mol. The summed E-state index contributed by atoms with van der Waals surface area (Å²) in [5.74, 6) is -0.183. The number of carbonyl (C=O) groups excluding carboxylic acids is 2. The molecule has 1 heterocycles. The molecule has 1 saturated heterocycles. The molecule has 1 fully saturated rings. The summed E-state index contributed by atoms with van der Waals surface area (Å²) in [6, 6.07) is 4.92. The van der Waals surface area contributed by atoms with Crippen molar-refractivity contribution in [3.63, 3.8) is 0 Å². The van der Waals surface area contributed by atoms with Crippen LogP contribution < -0.4 is 0 Å². The first kappa shape index (κ1) is 19.2. The minimum absolute atomic E-state index is 0.143. The van der Waals surface area contributed by atoms with E-state index in [-0.39, 0.29) is 25.2 Å². The maximum Gasteiger partial charge on any atom is 0.410 e. The minimum Gasteiger partial charge on any atom is -0.444 e. The second kappa shape index (κ2) is 7.84. The number of aliphatic hydroxyl groups excluding tert-OH is 2. The fourth-order valence-corrected chi connectivity index (χ4v) is 2.67. The molecule has 138 valence electrons. The van der Waals surface area contributed by atoms with Crippen molar-refractivity contribution in [1.82, 2.24) is 9.80 Å². The van der Waals surface area contributed by atoms with Crippen molar-refractivity contribution in [3.05, 3.63) is 34.9 Å². The van der Waals surface area contributed by atoms with E-state index in [9.17, 15) is 19.8 Å². The summed E-state index contributed by atoms with van der Waals surface area (Å²) in [5.41, 5.74) is 1.01. The lowest BCUT2D eigenvalue weighted by atomic mass is 10.0. The number of aliphatic hydroxyl groups is 2. The Morgan fingerprint density at radius 1 is 1.04 bits per heavy atom. The summed E-state index contributed by atoms with van der Waals surface area (Å²) in [4.78, 5) is 28.0. The summed E-state index contributed by atoms with van der Waals surface area (Å²) < 4.78 is 5.35. The summed E-state index contributed by atoms with van der Waals surface area (Å²) in [7, 11) is 0. The lowest BCUT2D eigenvalue weighted by Crippen LogP contribution is -2.51. The van der Waals surface area contributed by atoms with Crippen molar-refractivity contribution in [3.8, 4) is 0 Å². The van der Waals surface area contributed by atoms with Gasteiger partial charge in [0.15, 0.2) is 0 Å². The summed E-state index contributed by atoms with van der Waals surface area (Å²) >= 11 is 0.